The number of unbranched alkanes of at least 4 members (excludes halogenated alkanes) is 37. The summed E-state index contributed by atoms with van der Waals surface area (Å²) in [5.41, 5.74) is 0. The fraction of sp³-hybridized carbons (Fsp3) is 0.783. The molecule has 102 heavy (non-hydrogen) atoms. The molecule has 0 aliphatic rings. The Bertz CT molecular complexity index is 2260. The Morgan fingerprint density at radius 2 is 0.510 bits per heavy atom. The topological polar surface area (TPSA) is 237 Å². The van der Waals surface area contributed by atoms with E-state index in [1.54, 1.807) is 0 Å². The molecule has 0 saturated heterocycles. The Labute approximate surface area is 621 Å². The van der Waals surface area contributed by atoms with E-state index in [2.05, 4.69) is 113 Å². The maximum absolute atomic E-state index is 13.1. The van der Waals surface area contributed by atoms with E-state index in [4.69, 9.17) is 37.0 Å². The van der Waals surface area contributed by atoms with Crippen molar-refractivity contribution in [2.24, 2.45) is 0 Å². The van der Waals surface area contributed by atoms with E-state index in [-0.39, 0.29) is 25.7 Å². The van der Waals surface area contributed by atoms with Crippen LogP contribution in [0.4, 0.5) is 0 Å². The lowest BCUT2D eigenvalue weighted by molar-refractivity contribution is -0.161. The van der Waals surface area contributed by atoms with Crippen LogP contribution >= 0.6 is 15.6 Å². The number of esters is 4. The van der Waals surface area contributed by atoms with Gasteiger partial charge in [0.1, 0.15) is 19.3 Å². The zero-order valence-electron chi connectivity index (χ0n) is 64.8. The van der Waals surface area contributed by atoms with Gasteiger partial charge in [-0.1, -0.05) is 299 Å². The van der Waals surface area contributed by atoms with E-state index in [0.29, 0.717) is 25.7 Å². The quantitative estimate of drug-likeness (QED) is 0.0169. The zero-order chi connectivity index (χ0) is 74.6. The monoisotopic (exact) mass is 1480 g/mol. The predicted molar refractivity (Wildman–Crippen MR) is 418 cm³/mol. The molecule has 0 amide bonds. The summed E-state index contributed by atoms with van der Waals surface area (Å²) in [6, 6.07) is 0. The third-order valence-electron chi connectivity index (χ3n) is 17.3. The van der Waals surface area contributed by atoms with E-state index in [1.807, 2.05) is 0 Å². The number of phosphoric ester groups is 2. The highest BCUT2D eigenvalue weighted by atomic mass is 31.2. The van der Waals surface area contributed by atoms with Gasteiger partial charge in [0.05, 0.1) is 26.4 Å². The fourth-order valence-corrected chi connectivity index (χ4v) is 12.7. The van der Waals surface area contributed by atoms with Gasteiger partial charge in [-0.15, -0.1) is 0 Å². The molecule has 3 N–H and O–H groups in total. The number of hydrogen-bond donors (Lipinski definition) is 3. The molecule has 0 saturated carbocycles. The third-order valence-corrected chi connectivity index (χ3v) is 19.2. The molecule has 0 heterocycles. The summed E-state index contributed by atoms with van der Waals surface area (Å²) in [6.07, 6.45) is 78.3. The van der Waals surface area contributed by atoms with Crippen LogP contribution in [0.2, 0.25) is 0 Å². The highest BCUT2D eigenvalue weighted by molar-refractivity contribution is 7.47. The molecule has 0 aromatic carbocycles. The second kappa shape index (κ2) is 75.5. The standard InChI is InChI=1S/C83H148O17P2/c1-5-9-13-17-21-25-29-33-37-38-42-44-48-52-56-60-64-68-81(86)94-74-79(100-83(88)70-66-62-58-54-50-46-41-36-32-28-24-20-16-12-8-4)76-98-102(91,92)96-72-77(84)71-95-101(89,90)97-75-78(99-82(87)69-65-61-57-53-49-45-40-35-31-27-23-19-15-11-7-3)73-93-80(85)67-63-59-55-51-47-43-39-34-30-26-22-18-14-10-6-2/h9,13,21-22,25-26,33-35,37,39-40,42,44,77-79,84H,5-8,10-12,14-20,23-24,27-32,36,38,41,43,45-76H2,1-4H3,(H,89,90)(H,91,92)/b13-9-,25-21-,26-22-,37-33-,39-34-,40-35-,44-42-. The van der Waals surface area contributed by atoms with Crippen LogP contribution in [0.5, 0.6) is 0 Å². The fourth-order valence-electron chi connectivity index (χ4n) is 11.1. The highest BCUT2D eigenvalue weighted by Crippen LogP contribution is 2.45. The van der Waals surface area contributed by atoms with Gasteiger partial charge >= 0.3 is 39.5 Å². The zero-order valence-corrected chi connectivity index (χ0v) is 66.6. The van der Waals surface area contributed by atoms with Crippen molar-refractivity contribution in [3.05, 3.63) is 85.1 Å². The lowest BCUT2D eigenvalue weighted by atomic mass is 10.0. The van der Waals surface area contributed by atoms with Crippen molar-refractivity contribution in [1.82, 2.24) is 0 Å². The maximum atomic E-state index is 13.1. The first kappa shape index (κ1) is 98.2. The summed E-state index contributed by atoms with van der Waals surface area (Å²) in [7, 11) is -9.96. The SMILES string of the molecule is CC/C=C\C/C=C\C/C=C\C/C=C\CCCCCCC(=O)OCC(COP(=O)(O)OCC(O)COP(=O)(O)OCC(COC(=O)CCCCCCC/C=C\C/C=C\CCCCC)OC(=O)CCCCCCC/C=C\CCCCCCCC)OC(=O)CCCCCCCCCCCCCCCCC. The lowest BCUT2D eigenvalue weighted by Crippen LogP contribution is -2.30. The first-order chi connectivity index (χ1) is 49.7. The second-order valence-electron chi connectivity index (χ2n) is 27.3. The van der Waals surface area contributed by atoms with Gasteiger partial charge in [0.25, 0.3) is 0 Å². The average Bonchev–Trinajstić information content (AvgIpc) is 0.923. The maximum Gasteiger partial charge on any atom is 0.472 e. The Morgan fingerprint density at radius 1 is 0.284 bits per heavy atom. The molecule has 19 heteroatoms. The first-order valence-electron chi connectivity index (χ1n) is 40.8. The van der Waals surface area contributed by atoms with E-state index >= 15 is 0 Å². The summed E-state index contributed by atoms with van der Waals surface area (Å²) in [5.74, 6) is -2.20. The van der Waals surface area contributed by atoms with Crippen LogP contribution in [0.1, 0.15) is 362 Å². The Kier molecular flexibility index (Phi) is 72.7. The number of aliphatic hydroxyl groups excluding tert-OH is 1. The lowest BCUT2D eigenvalue weighted by Gasteiger charge is -2.21. The summed E-state index contributed by atoms with van der Waals surface area (Å²) in [6.45, 7) is 4.74. The van der Waals surface area contributed by atoms with E-state index in [9.17, 15) is 43.2 Å². The molecule has 0 aliphatic carbocycles. The molecular formula is C83H148O17P2. The van der Waals surface area contributed by atoms with Gasteiger partial charge < -0.3 is 33.8 Å². The molecule has 0 radical (unpaired) electrons. The Hall–Kier alpha value is -3.76. The molecule has 17 nitrogen and oxygen atoms in total. The number of phosphoric acid groups is 2. The van der Waals surface area contributed by atoms with E-state index < -0.39 is 97.5 Å². The van der Waals surface area contributed by atoms with Crippen LogP contribution < -0.4 is 0 Å². The van der Waals surface area contributed by atoms with Gasteiger partial charge in [0.15, 0.2) is 12.2 Å². The minimum atomic E-state index is -4.98. The molecule has 0 fully saturated rings. The van der Waals surface area contributed by atoms with Gasteiger partial charge in [0, 0.05) is 25.7 Å². The van der Waals surface area contributed by atoms with Gasteiger partial charge in [0.2, 0.25) is 0 Å². The van der Waals surface area contributed by atoms with Crippen LogP contribution in [-0.2, 0) is 65.4 Å². The predicted octanol–water partition coefficient (Wildman–Crippen LogP) is 23.8. The van der Waals surface area contributed by atoms with Crippen LogP contribution in [0.25, 0.3) is 0 Å². The van der Waals surface area contributed by atoms with Crippen molar-refractivity contribution in [3.63, 3.8) is 0 Å². The molecule has 0 rings (SSSR count). The van der Waals surface area contributed by atoms with Crippen LogP contribution in [0, 0.1) is 0 Å². The number of carbonyl (C=O) groups excluding carboxylic acids is 4. The first-order valence-corrected chi connectivity index (χ1v) is 43.8. The summed E-state index contributed by atoms with van der Waals surface area (Å²) in [4.78, 5) is 73.1. The highest BCUT2D eigenvalue weighted by Gasteiger charge is 2.30. The van der Waals surface area contributed by atoms with Crippen molar-refractivity contribution in [2.75, 3.05) is 39.6 Å². The molecule has 0 aromatic heterocycles. The number of hydrogen-bond acceptors (Lipinski definition) is 15. The number of carbonyl (C=O) groups is 4. The van der Waals surface area contributed by atoms with Gasteiger partial charge in [-0.2, -0.15) is 0 Å². The van der Waals surface area contributed by atoms with E-state index in [1.165, 1.54) is 122 Å². The van der Waals surface area contributed by atoms with Gasteiger partial charge in [-0.25, -0.2) is 9.13 Å². The number of allylic oxidation sites excluding steroid dienone is 14. The minimum absolute atomic E-state index is 0.0839. The number of aliphatic hydroxyl groups is 1. The van der Waals surface area contributed by atoms with E-state index in [0.717, 1.165) is 161 Å². The summed E-state index contributed by atoms with van der Waals surface area (Å²) < 4.78 is 68.7. The third kappa shape index (κ3) is 74.5. The van der Waals surface area contributed by atoms with Crippen LogP contribution in [0.15, 0.2) is 85.1 Å². The molecule has 0 spiro atoms. The minimum Gasteiger partial charge on any atom is -0.462 e. The van der Waals surface area contributed by atoms with Crippen molar-refractivity contribution in [3.8, 4) is 0 Å². The molecular weight excluding hydrogens is 1330 g/mol. The summed E-state index contributed by atoms with van der Waals surface area (Å²) >= 11 is 0. The largest absolute Gasteiger partial charge is 0.472 e. The Morgan fingerprint density at radius 3 is 0.814 bits per heavy atom. The van der Waals surface area contributed by atoms with Crippen molar-refractivity contribution < 1.29 is 80.2 Å². The van der Waals surface area contributed by atoms with Crippen LogP contribution in [-0.4, -0.2) is 96.7 Å². The Balaban J connectivity index is 5.37. The normalized spacial score (nSPS) is 14.3. The molecule has 5 unspecified atom stereocenters. The van der Waals surface area contributed by atoms with Crippen molar-refractivity contribution in [2.45, 2.75) is 380 Å². The van der Waals surface area contributed by atoms with Gasteiger partial charge in [-0.05, 0) is 122 Å². The van der Waals surface area contributed by atoms with Gasteiger partial charge in [-0.3, -0.25) is 37.3 Å². The smallest absolute Gasteiger partial charge is 0.462 e. The van der Waals surface area contributed by atoms with Crippen LogP contribution in [0.3, 0.4) is 0 Å². The number of rotatable bonds is 77. The summed E-state index contributed by atoms with van der Waals surface area (Å²) in [5, 5.41) is 10.6. The average molecular weight is 1480 g/mol. The molecule has 592 valence electrons. The molecule has 0 bridgehead atoms. The van der Waals surface area contributed by atoms with Crippen molar-refractivity contribution in [1.29, 1.82) is 0 Å². The second-order valence-corrected chi connectivity index (χ2v) is 30.2. The van der Waals surface area contributed by atoms with Crippen molar-refractivity contribution >= 4 is 39.5 Å². The molecule has 0 aliphatic heterocycles. The molecule has 5 atom stereocenters. The molecule has 0 aromatic rings. The number of ether oxygens (including phenoxy) is 4.